The van der Waals surface area contributed by atoms with Crippen LogP contribution in [-0.2, 0) is 19.1 Å². The molecule has 1 saturated carbocycles. The second kappa shape index (κ2) is 2.81. The lowest BCUT2D eigenvalue weighted by atomic mass is 9.53. The number of esters is 2. The molecule has 4 aliphatic rings. The van der Waals surface area contributed by atoms with E-state index in [9.17, 15) is 14.4 Å². The molecule has 4 nitrogen and oxygen atoms in total. The van der Waals surface area contributed by atoms with E-state index in [-0.39, 0.29) is 11.7 Å². The van der Waals surface area contributed by atoms with Crippen LogP contribution in [0.4, 0.5) is 0 Å². The molecule has 2 bridgehead atoms. The van der Waals surface area contributed by atoms with Gasteiger partial charge in [0.25, 0.3) is 0 Å². The van der Waals surface area contributed by atoms with E-state index in [2.05, 4.69) is 0 Å². The molecule has 4 atom stereocenters. The molecule has 3 aliphatic carbocycles. The number of carbonyl (C=O) groups excluding carboxylic acids is 3. The fourth-order valence-electron chi connectivity index (χ4n) is 3.42. The Kier molecular flexibility index (Phi) is 1.71. The zero-order valence-electron chi connectivity index (χ0n) is 8.93. The topological polar surface area (TPSA) is 60.4 Å². The highest BCUT2D eigenvalue weighted by Crippen LogP contribution is 2.56. The summed E-state index contributed by atoms with van der Waals surface area (Å²) in [5, 5.41) is 0. The summed E-state index contributed by atoms with van der Waals surface area (Å²) >= 11 is 0. The lowest BCUT2D eigenvalue weighted by Gasteiger charge is -2.45. The molecule has 0 radical (unpaired) electrons. The number of rotatable bonds is 1. The number of hydrogen-bond acceptors (Lipinski definition) is 4. The molecule has 1 heterocycles. The number of cyclic esters (lactones) is 2. The van der Waals surface area contributed by atoms with Gasteiger partial charge in [-0.15, -0.1) is 0 Å². The molecular formula is C12H12O4. The summed E-state index contributed by atoms with van der Waals surface area (Å²) in [6, 6.07) is 0. The Bertz CT molecular complexity index is 436. The van der Waals surface area contributed by atoms with Gasteiger partial charge in [-0.2, -0.15) is 0 Å². The Morgan fingerprint density at radius 2 is 2.19 bits per heavy atom. The van der Waals surface area contributed by atoms with Crippen molar-refractivity contribution in [2.75, 3.05) is 0 Å². The minimum Gasteiger partial charge on any atom is -0.393 e. The van der Waals surface area contributed by atoms with Gasteiger partial charge in [-0.25, -0.2) is 0 Å². The van der Waals surface area contributed by atoms with E-state index >= 15 is 0 Å². The summed E-state index contributed by atoms with van der Waals surface area (Å²) in [4.78, 5) is 35.1. The lowest BCUT2D eigenvalue weighted by molar-refractivity contribution is -0.155. The summed E-state index contributed by atoms with van der Waals surface area (Å²) in [6.07, 6.45) is 5.18. The van der Waals surface area contributed by atoms with E-state index in [1.807, 2.05) is 12.2 Å². The van der Waals surface area contributed by atoms with Crippen LogP contribution in [0.15, 0.2) is 12.2 Å². The van der Waals surface area contributed by atoms with Gasteiger partial charge >= 0.3 is 11.9 Å². The normalized spacial score (nSPS) is 44.4. The molecule has 84 valence electrons. The zero-order chi connectivity index (χ0) is 11.5. The highest BCUT2D eigenvalue weighted by molar-refractivity contribution is 6.02. The fourth-order valence-corrected chi connectivity index (χ4v) is 3.42. The maximum Gasteiger partial charge on any atom is 0.318 e. The van der Waals surface area contributed by atoms with Gasteiger partial charge < -0.3 is 4.74 Å². The van der Waals surface area contributed by atoms with Crippen LogP contribution in [0.1, 0.15) is 19.8 Å². The van der Waals surface area contributed by atoms with Crippen LogP contribution in [0.5, 0.6) is 0 Å². The van der Waals surface area contributed by atoms with Crippen molar-refractivity contribution in [2.45, 2.75) is 19.8 Å². The van der Waals surface area contributed by atoms with Crippen LogP contribution < -0.4 is 0 Å². The molecule has 0 aromatic carbocycles. The molecule has 1 saturated heterocycles. The van der Waals surface area contributed by atoms with Gasteiger partial charge in [-0.3, -0.25) is 14.4 Å². The first-order valence-corrected chi connectivity index (χ1v) is 5.52. The van der Waals surface area contributed by atoms with Crippen LogP contribution >= 0.6 is 0 Å². The van der Waals surface area contributed by atoms with Gasteiger partial charge in [0.2, 0.25) is 0 Å². The first-order chi connectivity index (χ1) is 7.56. The number of ketones is 1. The highest BCUT2D eigenvalue weighted by atomic mass is 16.6. The van der Waals surface area contributed by atoms with Crippen molar-refractivity contribution in [3.05, 3.63) is 12.2 Å². The van der Waals surface area contributed by atoms with Crippen molar-refractivity contribution in [1.82, 2.24) is 0 Å². The number of fused-ring (bicyclic) bond motifs is 1. The molecule has 0 aromatic heterocycles. The molecule has 1 aliphatic heterocycles. The lowest BCUT2D eigenvalue weighted by Crippen LogP contribution is -2.50. The van der Waals surface area contributed by atoms with Crippen LogP contribution in [0.2, 0.25) is 0 Å². The molecular weight excluding hydrogens is 208 g/mol. The first-order valence-electron chi connectivity index (χ1n) is 5.52. The summed E-state index contributed by atoms with van der Waals surface area (Å²) in [5.41, 5.74) is -0.775. The molecule has 0 amide bonds. The van der Waals surface area contributed by atoms with E-state index < -0.39 is 29.2 Å². The maximum atomic E-state index is 11.8. The molecule has 0 aromatic rings. The van der Waals surface area contributed by atoms with Crippen molar-refractivity contribution in [1.29, 1.82) is 0 Å². The smallest absolute Gasteiger partial charge is 0.318 e. The number of Topliss-reactive ketones (excluding diaryl/α,β-unsaturated/α-hetero) is 1. The monoisotopic (exact) mass is 220 g/mol. The summed E-state index contributed by atoms with van der Waals surface area (Å²) in [5.74, 6) is -1.92. The van der Waals surface area contributed by atoms with Gasteiger partial charge in [0.1, 0.15) is 5.78 Å². The Morgan fingerprint density at radius 3 is 2.75 bits per heavy atom. The first kappa shape index (κ1) is 9.75. The third-order valence-corrected chi connectivity index (χ3v) is 4.29. The van der Waals surface area contributed by atoms with Crippen molar-refractivity contribution in [3.8, 4) is 0 Å². The van der Waals surface area contributed by atoms with E-state index in [4.69, 9.17) is 4.74 Å². The second-order valence-corrected chi connectivity index (χ2v) is 4.90. The van der Waals surface area contributed by atoms with Crippen LogP contribution in [0.25, 0.3) is 0 Å². The Morgan fingerprint density at radius 1 is 1.44 bits per heavy atom. The predicted molar refractivity (Wildman–Crippen MR) is 53.1 cm³/mol. The summed E-state index contributed by atoms with van der Waals surface area (Å²) in [6.45, 7) is 1.49. The van der Waals surface area contributed by atoms with Gasteiger partial charge in [0.05, 0.1) is 17.3 Å². The third-order valence-electron chi connectivity index (χ3n) is 4.29. The molecule has 0 spiro atoms. The van der Waals surface area contributed by atoms with E-state index in [1.54, 1.807) is 0 Å². The molecule has 0 unspecified atom stereocenters. The van der Waals surface area contributed by atoms with Gasteiger partial charge in [0, 0.05) is 0 Å². The Balaban J connectivity index is 2.16. The molecule has 2 fully saturated rings. The maximum absolute atomic E-state index is 11.8. The SMILES string of the molecule is CC(=O)[C@]12C=C[C@@H](CC1)[C@H]1C(=O)OC(=O)[C@@H]12. The average molecular weight is 220 g/mol. The quantitative estimate of drug-likeness (QED) is 0.373. The fraction of sp³-hybridized carbons (Fsp3) is 0.583. The van der Waals surface area contributed by atoms with Crippen molar-refractivity contribution < 1.29 is 19.1 Å². The van der Waals surface area contributed by atoms with Crippen molar-refractivity contribution in [3.63, 3.8) is 0 Å². The van der Waals surface area contributed by atoms with E-state index in [0.29, 0.717) is 6.42 Å². The summed E-state index contributed by atoms with van der Waals surface area (Å²) < 4.78 is 4.69. The number of hydrogen-bond donors (Lipinski definition) is 0. The van der Waals surface area contributed by atoms with Crippen molar-refractivity contribution in [2.24, 2.45) is 23.2 Å². The van der Waals surface area contributed by atoms with Crippen LogP contribution in [0, 0.1) is 23.2 Å². The van der Waals surface area contributed by atoms with Gasteiger partial charge in [0.15, 0.2) is 0 Å². The van der Waals surface area contributed by atoms with Gasteiger partial charge in [-0.05, 0) is 25.7 Å². The second-order valence-electron chi connectivity index (χ2n) is 4.90. The zero-order valence-corrected chi connectivity index (χ0v) is 8.93. The van der Waals surface area contributed by atoms with E-state index in [1.165, 1.54) is 6.92 Å². The molecule has 16 heavy (non-hydrogen) atoms. The number of carbonyl (C=O) groups is 3. The largest absolute Gasteiger partial charge is 0.393 e. The highest BCUT2D eigenvalue weighted by Gasteiger charge is 2.63. The Hall–Kier alpha value is -1.45. The minimum atomic E-state index is -0.775. The van der Waals surface area contributed by atoms with E-state index in [0.717, 1.165) is 6.42 Å². The number of allylic oxidation sites excluding steroid dienone is 2. The molecule has 4 heteroatoms. The third kappa shape index (κ3) is 0.925. The van der Waals surface area contributed by atoms with Crippen LogP contribution in [-0.4, -0.2) is 17.7 Å². The predicted octanol–water partition coefficient (Wildman–Crippen LogP) is 0.857. The van der Waals surface area contributed by atoms with Crippen molar-refractivity contribution >= 4 is 17.7 Å². The Labute approximate surface area is 92.6 Å². The van der Waals surface area contributed by atoms with Crippen LogP contribution in [0.3, 0.4) is 0 Å². The average Bonchev–Trinajstić information content (AvgIpc) is 2.58. The molecule has 0 N–H and O–H groups in total. The summed E-state index contributed by atoms with van der Waals surface area (Å²) in [7, 11) is 0. The standard InChI is InChI=1S/C12H12O4/c1-6(13)12-4-2-7(3-5-12)8-9(12)11(15)16-10(8)14/h2,4,7-9H,3,5H2,1H3/t7-,8+,9+,12-/m0/s1. The van der Waals surface area contributed by atoms with Gasteiger partial charge in [-0.1, -0.05) is 12.2 Å². The molecule has 4 rings (SSSR count). The minimum absolute atomic E-state index is 0.0384. The number of ether oxygens (including phenoxy) is 1.